The summed E-state index contributed by atoms with van der Waals surface area (Å²) in [5, 5.41) is 4.88. The third kappa shape index (κ3) is 1.89. The zero-order valence-electron chi connectivity index (χ0n) is 11.0. The van der Waals surface area contributed by atoms with Crippen molar-refractivity contribution in [2.75, 3.05) is 13.7 Å². The number of benzene rings is 1. The lowest BCUT2D eigenvalue weighted by atomic mass is 9.99. The first-order valence-electron chi connectivity index (χ1n) is 6.69. The highest BCUT2D eigenvalue weighted by Gasteiger charge is 2.19. The number of hydrogen-bond acceptors (Lipinski definition) is 2. The smallest absolute Gasteiger partial charge is 0.119 e. The molecule has 18 heavy (non-hydrogen) atoms. The number of rotatable bonds is 2. The largest absolute Gasteiger partial charge is 0.497 e. The molecule has 1 fully saturated rings. The first-order valence-corrected chi connectivity index (χ1v) is 6.69. The van der Waals surface area contributed by atoms with Crippen LogP contribution in [-0.2, 0) is 0 Å². The topological polar surface area (TPSA) is 37.0 Å². The summed E-state index contributed by atoms with van der Waals surface area (Å²) in [6.45, 7) is 3.33. The van der Waals surface area contributed by atoms with Crippen LogP contribution in [0.4, 0.5) is 0 Å². The predicted molar refractivity (Wildman–Crippen MR) is 74.2 cm³/mol. The molecular formula is C15H20N2O. The maximum atomic E-state index is 5.30. The van der Waals surface area contributed by atoms with Crippen LogP contribution in [0.25, 0.3) is 10.9 Å². The van der Waals surface area contributed by atoms with Gasteiger partial charge in [0, 0.05) is 22.6 Å². The van der Waals surface area contributed by atoms with E-state index in [1.165, 1.54) is 41.4 Å². The fourth-order valence-electron chi connectivity index (χ4n) is 2.90. The van der Waals surface area contributed by atoms with Crippen molar-refractivity contribution in [3.63, 3.8) is 0 Å². The van der Waals surface area contributed by atoms with Gasteiger partial charge in [-0.25, -0.2) is 0 Å². The summed E-state index contributed by atoms with van der Waals surface area (Å²) in [6, 6.07) is 6.72. The average Bonchev–Trinajstić information content (AvgIpc) is 2.77. The lowest BCUT2D eigenvalue weighted by Gasteiger charge is -2.23. The number of aromatic nitrogens is 1. The first kappa shape index (κ1) is 11.6. The maximum absolute atomic E-state index is 5.30. The lowest BCUT2D eigenvalue weighted by Crippen LogP contribution is -2.27. The standard InChI is InChI=1S/C15H20N2O/c1-10-12-9-11(18-2)6-7-13(12)17-15(10)14-5-3-4-8-16-14/h6-7,9,14,16-17H,3-5,8H2,1-2H3. The van der Waals surface area contributed by atoms with E-state index in [-0.39, 0.29) is 0 Å². The van der Waals surface area contributed by atoms with Crippen LogP contribution in [-0.4, -0.2) is 18.6 Å². The van der Waals surface area contributed by atoms with Crippen LogP contribution in [0.5, 0.6) is 5.75 Å². The number of nitrogens with one attached hydrogen (secondary N) is 2. The molecule has 0 aliphatic carbocycles. The Morgan fingerprint density at radius 3 is 2.89 bits per heavy atom. The Morgan fingerprint density at radius 2 is 2.17 bits per heavy atom. The van der Waals surface area contributed by atoms with Gasteiger partial charge in [0.1, 0.15) is 5.75 Å². The number of H-pyrrole nitrogens is 1. The summed E-state index contributed by atoms with van der Waals surface area (Å²) in [5.41, 5.74) is 3.90. The van der Waals surface area contributed by atoms with Crippen molar-refractivity contribution >= 4 is 10.9 Å². The molecule has 1 atom stereocenters. The van der Waals surface area contributed by atoms with Crippen LogP contribution in [0, 0.1) is 6.92 Å². The molecule has 1 aromatic heterocycles. The molecule has 96 valence electrons. The minimum absolute atomic E-state index is 0.483. The zero-order chi connectivity index (χ0) is 12.5. The Hall–Kier alpha value is -1.48. The molecule has 0 bridgehead atoms. The molecule has 2 aromatic rings. The molecule has 0 amide bonds. The van der Waals surface area contributed by atoms with Crippen LogP contribution in [0.2, 0.25) is 0 Å². The fraction of sp³-hybridized carbons (Fsp3) is 0.467. The molecule has 3 heteroatoms. The van der Waals surface area contributed by atoms with Gasteiger partial charge in [0.05, 0.1) is 7.11 Å². The molecule has 1 aliphatic rings. The number of aryl methyl sites for hydroxylation is 1. The Bertz CT molecular complexity index is 553. The van der Waals surface area contributed by atoms with Crippen molar-refractivity contribution in [2.24, 2.45) is 0 Å². The number of piperidine rings is 1. The monoisotopic (exact) mass is 244 g/mol. The van der Waals surface area contributed by atoms with Gasteiger partial charge >= 0.3 is 0 Å². The van der Waals surface area contributed by atoms with Crippen molar-refractivity contribution in [1.29, 1.82) is 0 Å². The van der Waals surface area contributed by atoms with Gasteiger partial charge in [-0.05, 0) is 50.1 Å². The molecule has 0 saturated carbocycles. The van der Waals surface area contributed by atoms with E-state index in [1.54, 1.807) is 7.11 Å². The fourth-order valence-corrected chi connectivity index (χ4v) is 2.90. The summed E-state index contributed by atoms with van der Waals surface area (Å²) in [4.78, 5) is 3.57. The first-order chi connectivity index (χ1) is 8.79. The Labute approximate surface area is 108 Å². The van der Waals surface area contributed by atoms with Crippen molar-refractivity contribution in [3.05, 3.63) is 29.5 Å². The van der Waals surface area contributed by atoms with E-state index in [2.05, 4.69) is 29.4 Å². The highest BCUT2D eigenvalue weighted by Crippen LogP contribution is 2.31. The molecule has 2 N–H and O–H groups in total. The van der Waals surface area contributed by atoms with Crippen LogP contribution in [0.1, 0.15) is 36.6 Å². The number of aromatic amines is 1. The second-order valence-electron chi connectivity index (χ2n) is 5.08. The van der Waals surface area contributed by atoms with Gasteiger partial charge in [0.15, 0.2) is 0 Å². The van der Waals surface area contributed by atoms with Crippen molar-refractivity contribution in [3.8, 4) is 5.75 Å². The second kappa shape index (κ2) is 4.65. The van der Waals surface area contributed by atoms with E-state index in [0.717, 1.165) is 12.3 Å². The molecule has 0 radical (unpaired) electrons. The molecule has 2 heterocycles. The minimum atomic E-state index is 0.483. The number of ether oxygens (including phenoxy) is 1. The van der Waals surface area contributed by atoms with Crippen LogP contribution < -0.4 is 10.1 Å². The number of fused-ring (bicyclic) bond motifs is 1. The number of methoxy groups -OCH3 is 1. The van der Waals surface area contributed by atoms with Crippen molar-refractivity contribution in [2.45, 2.75) is 32.2 Å². The molecule has 0 spiro atoms. The van der Waals surface area contributed by atoms with E-state index < -0.39 is 0 Å². The van der Waals surface area contributed by atoms with Crippen molar-refractivity contribution < 1.29 is 4.74 Å². The predicted octanol–water partition coefficient (Wildman–Crippen LogP) is 3.30. The minimum Gasteiger partial charge on any atom is -0.497 e. The van der Waals surface area contributed by atoms with E-state index in [9.17, 15) is 0 Å². The zero-order valence-corrected chi connectivity index (χ0v) is 11.0. The van der Waals surface area contributed by atoms with Gasteiger partial charge in [-0.2, -0.15) is 0 Å². The number of hydrogen-bond donors (Lipinski definition) is 2. The molecule has 1 unspecified atom stereocenters. The summed E-state index contributed by atoms with van der Waals surface area (Å²) < 4.78 is 5.30. The highest BCUT2D eigenvalue weighted by atomic mass is 16.5. The van der Waals surface area contributed by atoms with Gasteiger partial charge in [-0.1, -0.05) is 6.42 Å². The summed E-state index contributed by atoms with van der Waals surface area (Å²) >= 11 is 0. The SMILES string of the molecule is COc1ccc2[nH]c(C3CCCCN3)c(C)c2c1. The summed E-state index contributed by atoms with van der Waals surface area (Å²) in [5.74, 6) is 0.924. The molecule has 1 aromatic carbocycles. The molecule has 1 saturated heterocycles. The van der Waals surface area contributed by atoms with Crippen LogP contribution >= 0.6 is 0 Å². The quantitative estimate of drug-likeness (QED) is 0.850. The Balaban J connectivity index is 2.04. The maximum Gasteiger partial charge on any atom is 0.119 e. The van der Waals surface area contributed by atoms with Crippen molar-refractivity contribution in [1.82, 2.24) is 10.3 Å². The van der Waals surface area contributed by atoms with Crippen LogP contribution in [0.15, 0.2) is 18.2 Å². The van der Waals surface area contributed by atoms with E-state index in [1.807, 2.05) is 6.07 Å². The van der Waals surface area contributed by atoms with Gasteiger partial charge in [-0.3, -0.25) is 0 Å². The third-order valence-corrected chi connectivity index (χ3v) is 3.96. The van der Waals surface area contributed by atoms with E-state index in [4.69, 9.17) is 4.74 Å². The van der Waals surface area contributed by atoms with E-state index >= 15 is 0 Å². The molecule has 1 aliphatic heterocycles. The van der Waals surface area contributed by atoms with Crippen LogP contribution in [0.3, 0.4) is 0 Å². The molecular weight excluding hydrogens is 224 g/mol. The Morgan fingerprint density at radius 1 is 1.28 bits per heavy atom. The van der Waals surface area contributed by atoms with Gasteiger partial charge in [0.25, 0.3) is 0 Å². The molecule has 3 rings (SSSR count). The lowest BCUT2D eigenvalue weighted by molar-refractivity contribution is 0.405. The van der Waals surface area contributed by atoms with Gasteiger partial charge in [0.2, 0.25) is 0 Å². The average molecular weight is 244 g/mol. The third-order valence-electron chi connectivity index (χ3n) is 3.96. The van der Waals surface area contributed by atoms with Gasteiger partial charge < -0.3 is 15.0 Å². The molecule has 3 nitrogen and oxygen atoms in total. The summed E-state index contributed by atoms with van der Waals surface area (Å²) in [7, 11) is 1.72. The second-order valence-corrected chi connectivity index (χ2v) is 5.08. The Kier molecular flexibility index (Phi) is 3.00. The highest BCUT2D eigenvalue weighted by molar-refractivity contribution is 5.86. The summed E-state index contributed by atoms with van der Waals surface area (Å²) in [6.07, 6.45) is 3.84. The van der Waals surface area contributed by atoms with Gasteiger partial charge in [-0.15, -0.1) is 0 Å². The normalized spacial score (nSPS) is 20.2. The van der Waals surface area contributed by atoms with E-state index in [0.29, 0.717) is 6.04 Å².